The Morgan fingerprint density at radius 2 is 1.52 bits per heavy atom. The maximum atomic E-state index is 2.70. The Bertz CT molecular complexity index is 622. The van der Waals surface area contributed by atoms with E-state index in [2.05, 4.69) is 72.5 Å². The van der Waals surface area contributed by atoms with Crippen LogP contribution in [0.15, 0.2) is 60.7 Å². The summed E-state index contributed by atoms with van der Waals surface area (Å²) < 4.78 is 0. The molecule has 2 aromatic rings. The number of rotatable bonds is 6. The number of nitrogens with zero attached hydrogens (tertiary/aromatic N) is 1. The summed E-state index contributed by atoms with van der Waals surface area (Å²) in [5.74, 6) is 1.79. The van der Waals surface area contributed by atoms with Gasteiger partial charge in [-0.05, 0) is 48.8 Å². The molecule has 1 saturated heterocycles. The fraction of sp³-hybridized carbons (Fsp3) is 0.455. The zero-order chi connectivity index (χ0) is 15.7. The van der Waals surface area contributed by atoms with E-state index in [1.54, 1.807) is 5.56 Å². The van der Waals surface area contributed by atoms with Crippen molar-refractivity contribution in [1.82, 2.24) is 4.90 Å². The molecule has 2 atom stereocenters. The molecule has 0 radical (unpaired) electrons. The lowest BCUT2D eigenvalue weighted by atomic mass is 9.87. The maximum Gasteiger partial charge on any atom is 0.00381 e. The van der Waals surface area contributed by atoms with Crippen LogP contribution in [0.1, 0.15) is 30.9 Å². The third-order valence-electron chi connectivity index (χ3n) is 6.29. The van der Waals surface area contributed by atoms with E-state index >= 15 is 0 Å². The second-order valence-corrected chi connectivity index (χ2v) is 7.32. The Kier molecular flexibility index (Phi) is 3.98. The van der Waals surface area contributed by atoms with Crippen molar-refractivity contribution in [3.8, 4) is 0 Å². The molecular formula is C22H27N. The molecule has 4 rings (SSSR count). The van der Waals surface area contributed by atoms with Gasteiger partial charge in [0.2, 0.25) is 0 Å². The van der Waals surface area contributed by atoms with Crippen molar-refractivity contribution in [1.29, 1.82) is 0 Å². The van der Waals surface area contributed by atoms with Gasteiger partial charge in [0.25, 0.3) is 0 Å². The summed E-state index contributed by atoms with van der Waals surface area (Å²) in [6.07, 6.45) is 3.79. The highest BCUT2D eigenvalue weighted by Crippen LogP contribution is 2.65. The summed E-state index contributed by atoms with van der Waals surface area (Å²) in [7, 11) is 0. The SMILES string of the molecule is CCC1(c2ccccc2)C2CN(CCCc3ccccc3)CC21. The molecule has 1 aliphatic heterocycles. The van der Waals surface area contributed by atoms with Crippen LogP contribution in [0.3, 0.4) is 0 Å². The van der Waals surface area contributed by atoms with Crippen molar-refractivity contribution in [3.05, 3.63) is 71.8 Å². The lowest BCUT2D eigenvalue weighted by molar-refractivity contribution is 0.266. The Hall–Kier alpha value is -1.60. The minimum Gasteiger partial charge on any atom is -0.303 e. The van der Waals surface area contributed by atoms with Gasteiger partial charge < -0.3 is 4.90 Å². The maximum absolute atomic E-state index is 2.70. The van der Waals surface area contributed by atoms with E-state index in [0.29, 0.717) is 5.41 Å². The number of fused-ring (bicyclic) bond motifs is 1. The van der Waals surface area contributed by atoms with Crippen molar-refractivity contribution < 1.29 is 0 Å². The predicted octanol–water partition coefficient (Wildman–Crippen LogP) is 4.53. The van der Waals surface area contributed by atoms with E-state index < -0.39 is 0 Å². The van der Waals surface area contributed by atoms with Gasteiger partial charge in [-0.2, -0.15) is 0 Å². The van der Waals surface area contributed by atoms with Gasteiger partial charge in [0.05, 0.1) is 0 Å². The standard InChI is InChI=1S/C22H27N/c1-2-22(19-13-7-4-8-14-19)20-16-23(17-21(20)22)15-9-12-18-10-5-3-6-11-18/h3-8,10-11,13-14,20-21H,2,9,12,15-17H2,1H3. The van der Waals surface area contributed by atoms with Gasteiger partial charge in [-0.3, -0.25) is 0 Å². The molecule has 23 heavy (non-hydrogen) atoms. The largest absolute Gasteiger partial charge is 0.303 e. The van der Waals surface area contributed by atoms with Crippen LogP contribution in [0, 0.1) is 11.8 Å². The van der Waals surface area contributed by atoms with Crippen molar-refractivity contribution in [2.75, 3.05) is 19.6 Å². The first kappa shape index (κ1) is 15.0. The van der Waals surface area contributed by atoms with E-state index in [1.807, 2.05) is 0 Å². The van der Waals surface area contributed by atoms with Crippen molar-refractivity contribution >= 4 is 0 Å². The smallest absolute Gasteiger partial charge is 0.00381 e. The number of likely N-dealkylation sites (tertiary alicyclic amines) is 1. The normalized spacial score (nSPS) is 29.4. The molecule has 0 spiro atoms. The van der Waals surface area contributed by atoms with E-state index in [9.17, 15) is 0 Å². The van der Waals surface area contributed by atoms with Crippen LogP contribution in [0.2, 0.25) is 0 Å². The van der Waals surface area contributed by atoms with Gasteiger partial charge in [-0.1, -0.05) is 67.6 Å². The second-order valence-electron chi connectivity index (χ2n) is 7.32. The van der Waals surface area contributed by atoms with Gasteiger partial charge in [-0.25, -0.2) is 0 Å². The average Bonchev–Trinajstić information content (AvgIpc) is 3.00. The highest BCUT2D eigenvalue weighted by molar-refractivity contribution is 5.38. The van der Waals surface area contributed by atoms with Crippen molar-refractivity contribution in [2.45, 2.75) is 31.6 Å². The van der Waals surface area contributed by atoms with E-state index in [0.717, 1.165) is 11.8 Å². The highest BCUT2D eigenvalue weighted by atomic mass is 15.2. The zero-order valence-electron chi connectivity index (χ0n) is 14.1. The van der Waals surface area contributed by atoms with Crippen LogP contribution in [-0.2, 0) is 11.8 Å². The van der Waals surface area contributed by atoms with Gasteiger partial charge in [0.1, 0.15) is 0 Å². The minimum absolute atomic E-state index is 0.497. The number of hydrogen-bond acceptors (Lipinski definition) is 1. The van der Waals surface area contributed by atoms with Gasteiger partial charge >= 0.3 is 0 Å². The Balaban J connectivity index is 1.31. The predicted molar refractivity (Wildman–Crippen MR) is 96.6 cm³/mol. The lowest BCUT2D eigenvalue weighted by Gasteiger charge is -2.26. The number of piperidine rings is 1. The summed E-state index contributed by atoms with van der Waals surface area (Å²) in [4.78, 5) is 2.70. The molecule has 1 heteroatoms. The fourth-order valence-corrected chi connectivity index (χ4v) is 5.05. The lowest BCUT2D eigenvalue weighted by Crippen LogP contribution is -2.31. The van der Waals surface area contributed by atoms with Crippen molar-refractivity contribution in [3.63, 3.8) is 0 Å². The minimum atomic E-state index is 0.497. The first-order valence-electron chi connectivity index (χ1n) is 9.16. The summed E-state index contributed by atoms with van der Waals surface area (Å²) in [5, 5.41) is 0. The van der Waals surface area contributed by atoms with Crippen molar-refractivity contribution in [2.24, 2.45) is 11.8 Å². The summed E-state index contributed by atoms with van der Waals surface area (Å²) in [5.41, 5.74) is 3.56. The Morgan fingerprint density at radius 3 is 2.13 bits per heavy atom. The molecule has 2 aromatic carbocycles. The Labute approximate surface area is 140 Å². The molecule has 1 heterocycles. The third kappa shape index (κ3) is 2.61. The molecule has 2 fully saturated rings. The molecule has 2 aliphatic rings. The number of hydrogen-bond donors (Lipinski definition) is 0. The van der Waals surface area contributed by atoms with E-state index in [4.69, 9.17) is 0 Å². The molecule has 0 amide bonds. The molecule has 0 N–H and O–H groups in total. The zero-order valence-corrected chi connectivity index (χ0v) is 14.1. The second kappa shape index (κ2) is 6.13. The molecule has 1 aliphatic carbocycles. The third-order valence-corrected chi connectivity index (χ3v) is 6.29. The fourth-order valence-electron chi connectivity index (χ4n) is 5.05. The number of aryl methyl sites for hydroxylation is 1. The first-order chi connectivity index (χ1) is 11.3. The molecule has 0 bridgehead atoms. The quantitative estimate of drug-likeness (QED) is 0.758. The molecule has 1 saturated carbocycles. The monoisotopic (exact) mass is 305 g/mol. The van der Waals surface area contributed by atoms with E-state index in [-0.39, 0.29) is 0 Å². The average molecular weight is 305 g/mol. The molecule has 1 nitrogen and oxygen atoms in total. The van der Waals surface area contributed by atoms with E-state index in [1.165, 1.54) is 44.5 Å². The van der Waals surface area contributed by atoms with Crippen LogP contribution in [0.4, 0.5) is 0 Å². The van der Waals surface area contributed by atoms with Crippen LogP contribution >= 0.6 is 0 Å². The summed E-state index contributed by atoms with van der Waals surface area (Å²) in [6.45, 7) is 6.26. The Morgan fingerprint density at radius 1 is 0.913 bits per heavy atom. The summed E-state index contributed by atoms with van der Waals surface area (Å²) in [6, 6.07) is 22.1. The van der Waals surface area contributed by atoms with Gasteiger partial charge in [0.15, 0.2) is 0 Å². The molecule has 0 aromatic heterocycles. The number of benzene rings is 2. The molecule has 120 valence electrons. The topological polar surface area (TPSA) is 3.24 Å². The molecule has 2 unspecified atom stereocenters. The van der Waals surface area contributed by atoms with Gasteiger partial charge in [-0.15, -0.1) is 0 Å². The van der Waals surface area contributed by atoms with Crippen LogP contribution in [0.25, 0.3) is 0 Å². The highest BCUT2D eigenvalue weighted by Gasteiger charge is 2.66. The first-order valence-corrected chi connectivity index (χ1v) is 9.16. The van der Waals surface area contributed by atoms with Crippen LogP contribution < -0.4 is 0 Å². The van der Waals surface area contributed by atoms with Gasteiger partial charge in [0, 0.05) is 18.5 Å². The molecular weight excluding hydrogens is 278 g/mol. The van der Waals surface area contributed by atoms with Crippen LogP contribution in [0.5, 0.6) is 0 Å². The summed E-state index contributed by atoms with van der Waals surface area (Å²) >= 11 is 0. The van der Waals surface area contributed by atoms with Crippen LogP contribution in [-0.4, -0.2) is 24.5 Å².